The minimum absolute atomic E-state index is 0. The smallest absolute Gasteiger partial charge is 0.264 e. The first-order valence-electron chi connectivity index (χ1n) is 1.32. The molecular weight excluding hydrogens is 168 g/mol. The van der Waals surface area contributed by atoms with Gasteiger partial charge in [-0.3, -0.25) is 4.18 Å². The van der Waals surface area contributed by atoms with Crippen molar-refractivity contribution < 1.29 is 29.7 Å². The van der Waals surface area contributed by atoms with Gasteiger partial charge >= 0.3 is 0 Å². The minimum Gasteiger partial charge on any atom is -0.274 e. The maximum atomic E-state index is 9.78. The third-order valence-electron chi connectivity index (χ3n) is 0.303. The van der Waals surface area contributed by atoms with Crippen LogP contribution in [0.3, 0.4) is 0 Å². The summed E-state index contributed by atoms with van der Waals surface area (Å²) in [6.45, 7) is 0. The molecule has 0 spiro atoms. The van der Waals surface area contributed by atoms with Crippen LogP contribution in [-0.2, 0) is 31.4 Å². The second kappa shape index (κ2) is 3.43. The quantitative estimate of drug-likeness (QED) is 0.400. The van der Waals surface area contributed by atoms with Gasteiger partial charge < -0.3 is 0 Å². The summed E-state index contributed by atoms with van der Waals surface area (Å²) in [5.41, 5.74) is 0. The Morgan fingerprint density at radius 2 is 1.57 bits per heavy atom. The first-order chi connectivity index (χ1) is 2.56. The van der Waals surface area contributed by atoms with Crippen LogP contribution in [0.4, 0.5) is 0 Å². The predicted octanol–water partition coefficient (Wildman–Crippen LogP) is -0.410. The number of hydrogen-bond acceptors (Lipinski definition) is 3. The third-order valence-corrected chi connectivity index (χ3v) is 0.908. The van der Waals surface area contributed by atoms with Gasteiger partial charge in [-0.05, 0) is 0 Å². The summed E-state index contributed by atoms with van der Waals surface area (Å²) < 4.78 is 23.5. The van der Waals surface area contributed by atoms with Crippen LogP contribution in [0, 0.1) is 0 Å². The predicted molar refractivity (Wildman–Crippen MR) is 21.9 cm³/mol. The van der Waals surface area contributed by atoms with Crippen LogP contribution in [-0.4, -0.2) is 21.8 Å². The molecule has 5 heteroatoms. The number of hydrogen-bond donors (Lipinski definition) is 0. The molecule has 0 amide bonds. The van der Waals surface area contributed by atoms with Crippen LogP contribution < -0.4 is 0 Å². The molecule has 0 aliphatic heterocycles. The second-order valence-corrected chi connectivity index (χ2v) is 2.61. The molecule has 0 aromatic carbocycles. The second-order valence-electron chi connectivity index (χ2n) is 0.871. The molecule has 0 atom stereocenters. The molecule has 0 saturated heterocycles. The van der Waals surface area contributed by atoms with Gasteiger partial charge in [-0.15, -0.1) is 0 Å². The van der Waals surface area contributed by atoms with Gasteiger partial charge in [-0.1, -0.05) is 0 Å². The standard InChI is InChI=1S/C2H6O3S.Cu/c1-5-6(2,3)4;/h1-2H3;. The maximum absolute atomic E-state index is 9.78. The monoisotopic (exact) mass is 173 g/mol. The Balaban J connectivity index is 0. The van der Waals surface area contributed by atoms with E-state index in [-0.39, 0.29) is 17.1 Å². The zero-order valence-electron chi connectivity index (χ0n) is 3.93. The molecule has 0 unspecified atom stereocenters. The molecule has 0 bridgehead atoms. The normalized spacial score (nSPS) is 10.0. The van der Waals surface area contributed by atoms with Crippen molar-refractivity contribution in [2.24, 2.45) is 0 Å². The summed E-state index contributed by atoms with van der Waals surface area (Å²) in [5, 5.41) is 0. The molecule has 0 rings (SSSR count). The third kappa shape index (κ3) is 10.7. The molecule has 0 aromatic rings. The van der Waals surface area contributed by atoms with Crippen LogP contribution in [0.5, 0.6) is 0 Å². The van der Waals surface area contributed by atoms with Crippen molar-refractivity contribution in [1.29, 1.82) is 0 Å². The molecule has 7 heavy (non-hydrogen) atoms. The Kier molecular flexibility index (Phi) is 5.11. The van der Waals surface area contributed by atoms with Crippen molar-refractivity contribution in [1.82, 2.24) is 0 Å². The fraction of sp³-hybridized carbons (Fsp3) is 1.00. The van der Waals surface area contributed by atoms with Gasteiger partial charge in [-0.25, -0.2) is 0 Å². The Hall–Kier alpha value is 0.429. The average Bonchev–Trinajstić information content (AvgIpc) is 1.35. The topological polar surface area (TPSA) is 43.4 Å². The van der Waals surface area contributed by atoms with Crippen molar-refractivity contribution in [2.45, 2.75) is 0 Å². The summed E-state index contributed by atoms with van der Waals surface area (Å²) in [6.07, 6.45) is 0.993. The maximum Gasteiger partial charge on any atom is 0.264 e. The van der Waals surface area contributed by atoms with E-state index in [1.165, 1.54) is 0 Å². The van der Waals surface area contributed by atoms with E-state index in [2.05, 4.69) is 4.18 Å². The Bertz CT molecular complexity index is 115. The van der Waals surface area contributed by atoms with E-state index in [4.69, 9.17) is 0 Å². The van der Waals surface area contributed by atoms with E-state index in [1.54, 1.807) is 0 Å². The van der Waals surface area contributed by atoms with Gasteiger partial charge in [0.1, 0.15) is 0 Å². The van der Waals surface area contributed by atoms with Gasteiger partial charge in [0.15, 0.2) is 0 Å². The fourth-order valence-corrected chi connectivity index (χ4v) is 0. The summed E-state index contributed by atoms with van der Waals surface area (Å²) in [5.74, 6) is 0. The van der Waals surface area contributed by atoms with Crippen LogP contribution >= 0.6 is 0 Å². The molecule has 0 saturated carbocycles. The molecule has 0 heterocycles. The van der Waals surface area contributed by atoms with Crippen molar-refractivity contribution in [3.05, 3.63) is 0 Å². The van der Waals surface area contributed by atoms with Gasteiger partial charge in [0.2, 0.25) is 0 Å². The number of rotatable bonds is 1. The zero-order valence-corrected chi connectivity index (χ0v) is 5.69. The first kappa shape index (κ1) is 10.4. The molecule has 49 valence electrons. The summed E-state index contributed by atoms with van der Waals surface area (Å²) in [6, 6.07) is 0. The van der Waals surface area contributed by atoms with Crippen molar-refractivity contribution in [2.75, 3.05) is 13.4 Å². The summed E-state index contributed by atoms with van der Waals surface area (Å²) >= 11 is 0. The van der Waals surface area contributed by atoms with Gasteiger partial charge in [0, 0.05) is 17.1 Å². The van der Waals surface area contributed by atoms with Gasteiger partial charge in [0.25, 0.3) is 10.1 Å². The average molecular weight is 174 g/mol. The zero-order chi connectivity index (χ0) is 5.21. The van der Waals surface area contributed by atoms with E-state index < -0.39 is 10.1 Å². The Morgan fingerprint density at radius 1 is 1.43 bits per heavy atom. The minimum atomic E-state index is -3.16. The van der Waals surface area contributed by atoms with Crippen LogP contribution in [0.1, 0.15) is 0 Å². The van der Waals surface area contributed by atoms with Gasteiger partial charge in [0.05, 0.1) is 13.4 Å². The molecule has 0 N–H and O–H groups in total. The largest absolute Gasteiger partial charge is 0.274 e. The Labute approximate surface area is 53.6 Å². The molecule has 1 radical (unpaired) electrons. The molecule has 0 aliphatic carbocycles. The molecular formula is C2H6CuO3S. The molecule has 0 aliphatic rings. The SMILES string of the molecule is COS(C)(=O)=O.[Cu]. The van der Waals surface area contributed by atoms with E-state index in [9.17, 15) is 8.42 Å². The van der Waals surface area contributed by atoms with Crippen molar-refractivity contribution in [3.8, 4) is 0 Å². The van der Waals surface area contributed by atoms with E-state index in [0.29, 0.717) is 0 Å². The van der Waals surface area contributed by atoms with Crippen molar-refractivity contribution in [3.63, 3.8) is 0 Å². The van der Waals surface area contributed by atoms with Crippen LogP contribution in [0.2, 0.25) is 0 Å². The fourth-order valence-electron chi connectivity index (χ4n) is 0. The molecule has 3 nitrogen and oxygen atoms in total. The molecule has 0 aromatic heterocycles. The van der Waals surface area contributed by atoms with Crippen LogP contribution in [0.15, 0.2) is 0 Å². The Morgan fingerprint density at radius 3 is 1.57 bits per heavy atom. The first-order valence-corrected chi connectivity index (χ1v) is 3.13. The summed E-state index contributed by atoms with van der Waals surface area (Å²) in [7, 11) is -2.04. The van der Waals surface area contributed by atoms with E-state index >= 15 is 0 Å². The van der Waals surface area contributed by atoms with E-state index in [1.807, 2.05) is 0 Å². The molecule has 0 fully saturated rings. The van der Waals surface area contributed by atoms with Crippen LogP contribution in [0.25, 0.3) is 0 Å². The van der Waals surface area contributed by atoms with E-state index in [0.717, 1.165) is 13.4 Å². The summed E-state index contributed by atoms with van der Waals surface area (Å²) in [4.78, 5) is 0. The van der Waals surface area contributed by atoms with Gasteiger partial charge in [-0.2, -0.15) is 8.42 Å². The van der Waals surface area contributed by atoms with Crippen molar-refractivity contribution >= 4 is 10.1 Å².